The predicted molar refractivity (Wildman–Crippen MR) is 85.8 cm³/mol. The van der Waals surface area contributed by atoms with Crippen LogP contribution in [0.2, 0.25) is 0 Å². The van der Waals surface area contributed by atoms with Crippen molar-refractivity contribution in [3.63, 3.8) is 0 Å². The Labute approximate surface area is 128 Å². The SMILES string of the molecule is CCCN1CCC(NC(=O)c2cc(N)ccc2Br)CC1. The summed E-state index contributed by atoms with van der Waals surface area (Å²) in [5, 5.41) is 3.11. The first-order chi connectivity index (χ1) is 9.60. The molecule has 1 fully saturated rings. The summed E-state index contributed by atoms with van der Waals surface area (Å²) in [6.07, 6.45) is 3.23. The molecule has 0 aromatic heterocycles. The molecule has 0 aliphatic carbocycles. The van der Waals surface area contributed by atoms with Crippen molar-refractivity contribution in [2.24, 2.45) is 0 Å². The third kappa shape index (κ3) is 3.96. The molecular weight excluding hydrogens is 318 g/mol. The van der Waals surface area contributed by atoms with E-state index in [0.29, 0.717) is 11.3 Å². The minimum Gasteiger partial charge on any atom is -0.399 e. The third-order valence-corrected chi connectivity index (χ3v) is 4.39. The van der Waals surface area contributed by atoms with Crippen LogP contribution >= 0.6 is 15.9 Å². The first-order valence-corrected chi connectivity index (χ1v) is 7.97. The number of carbonyl (C=O) groups excluding carboxylic acids is 1. The number of nitrogen functional groups attached to an aromatic ring is 1. The molecule has 1 aliphatic heterocycles. The largest absolute Gasteiger partial charge is 0.399 e. The maximum absolute atomic E-state index is 12.3. The van der Waals surface area contributed by atoms with Crippen LogP contribution in [0.5, 0.6) is 0 Å². The lowest BCUT2D eigenvalue weighted by Crippen LogP contribution is -2.44. The van der Waals surface area contributed by atoms with Crippen molar-refractivity contribution in [2.75, 3.05) is 25.4 Å². The minimum absolute atomic E-state index is 0.0434. The maximum atomic E-state index is 12.3. The van der Waals surface area contributed by atoms with Crippen molar-refractivity contribution in [1.29, 1.82) is 0 Å². The Kier molecular flexibility index (Phi) is 5.43. The van der Waals surface area contributed by atoms with Crippen LogP contribution in [-0.4, -0.2) is 36.5 Å². The van der Waals surface area contributed by atoms with Crippen LogP contribution in [0.3, 0.4) is 0 Å². The molecule has 1 aromatic carbocycles. The molecule has 1 amide bonds. The van der Waals surface area contributed by atoms with Gasteiger partial charge in [0.25, 0.3) is 5.91 Å². The monoisotopic (exact) mass is 339 g/mol. The minimum atomic E-state index is -0.0434. The first-order valence-electron chi connectivity index (χ1n) is 7.18. The fourth-order valence-corrected chi connectivity index (χ4v) is 3.02. The summed E-state index contributed by atoms with van der Waals surface area (Å²) in [6, 6.07) is 5.58. The zero-order valence-corrected chi connectivity index (χ0v) is 13.4. The van der Waals surface area contributed by atoms with Crippen LogP contribution in [0.25, 0.3) is 0 Å². The smallest absolute Gasteiger partial charge is 0.252 e. The number of anilines is 1. The van der Waals surface area contributed by atoms with Gasteiger partial charge in [-0.2, -0.15) is 0 Å². The van der Waals surface area contributed by atoms with E-state index in [1.807, 2.05) is 6.07 Å². The summed E-state index contributed by atoms with van der Waals surface area (Å²) in [7, 11) is 0. The van der Waals surface area contributed by atoms with Gasteiger partial charge in [0.1, 0.15) is 0 Å². The first kappa shape index (κ1) is 15.3. The quantitative estimate of drug-likeness (QED) is 0.829. The van der Waals surface area contributed by atoms with Crippen LogP contribution in [0.15, 0.2) is 22.7 Å². The number of hydrogen-bond donors (Lipinski definition) is 2. The highest BCUT2D eigenvalue weighted by Gasteiger charge is 2.21. The summed E-state index contributed by atoms with van der Waals surface area (Å²) in [5.41, 5.74) is 6.96. The highest BCUT2D eigenvalue weighted by molar-refractivity contribution is 9.10. The summed E-state index contributed by atoms with van der Waals surface area (Å²) in [6.45, 7) is 5.49. The Morgan fingerprint density at radius 1 is 1.45 bits per heavy atom. The molecule has 1 saturated heterocycles. The van der Waals surface area contributed by atoms with Crippen molar-refractivity contribution in [3.8, 4) is 0 Å². The van der Waals surface area contributed by atoms with Gasteiger partial charge in [-0.15, -0.1) is 0 Å². The summed E-state index contributed by atoms with van der Waals surface area (Å²) in [4.78, 5) is 14.7. The van der Waals surface area contributed by atoms with Gasteiger partial charge in [0.05, 0.1) is 5.56 Å². The molecule has 0 radical (unpaired) electrons. The summed E-state index contributed by atoms with van der Waals surface area (Å²) >= 11 is 3.40. The number of rotatable bonds is 4. The summed E-state index contributed by atoms with van der Waals surface area (Å²) < 4.78 is 0.785. The number of nitrogens with one attached hydrogen (secondary N) is 1. The second-order valence-electron chi connectivity index (χ2n) is 5.33. The van der Waals surface area contributed by atoms with E-state index in [4.69, 9.17) is 5.73 Å². The third-order valence-electron chi connectivity index (χ3n) is 3.70. The lowest BCUT2D eigenvalue weighted by atomic mass is 10.0. The van der Waals surface area contributed by atoms with Crippen molar-refractivity contribution < 1.29 is 4.79 Å². The Balaban J connectivity index is 1.91. The van der Waals surface area contributed by atoms with Crippen LogP contribution < -0.4 is 11.1 Å². The number of likely N-dealkylation sites (tertiary alicyclic amines) is 1. The molecule has 5 heteroatoms. The molecule has 0 unspecified atom stereocenters. The predicted octanol–water partition coefficient (Wildman–Crippen LogP) is 2.64. The van der Waals surface area contributed by atoms with Gasteiger partial charge in [-0.05, 0) is 59.9 Å². The summed E-state index contributed by atoms with van der Waals surface area (Å²) in [5.74, 6) is -0.0434. The maximum Gasteiger partial charge on any atom is 0.252 e. The van der Waals surface area contributed by atoms with Crippen molar-refractivity contribution >= 4 is 27.5 Å². The van der Waals surface area contributed by atoms with Crippen molar-refractivity contribution in [2.45, 2.75) is 32.2 Å². The topological polar surface area (TPSA) is 58.4 Å². The van der Waals surface area contributed by atoms with E-state index in [2.05, 4.69) is 33.1 Å². The molecular formula is C15H22BrN3O. The zero-order valence-electron chi connectivity index (χ0n) is 11.9. The van der Waals surface area contributed by atoms with Gasteiger partial charge in [0, 0.05) is 29.3 Å². The standard InChI is InChI=1S/C15H22BrN3O/c1-2-7-19-8-5-12(6-9-19)18-15(20)13-10-11(17)3-4-14(13)16/h3-4,10,12H,2,5-9,17H2,1H3,(H,18,20). The molecule has 0 saturated carbocycles. The molecule has 4 nitrogen and oxygen atoms in total. The van der Waals surface area contributed by atoms with E-state index in [1.54, 1.807) is 12.1 Å². The van der Waals surface area contributed by atoms with Gasteiger partial charge in [-0.1, -0.05) is 6.92 Å². The average molecular weight is 340 g/mol. The molecule has 110 valence electrons. The fourth-order valence-electron chi connectivity index (χ4n) is 2.60. The Morgan fingerprint density at radius 2 is 2.15 bits per heavy atom. The number of amides is 1. The van der Waals surface area contributed by atoms with E-state index in [1.165, 1.54) is 6.42 Å². The van der Waals surface area contributed by atoms with Gasteiger partial charge in [-0.25, -0.2) is 0 Å². The number of hydrogen-bond acceptors (Lipinski definition) is 3. The highest BCUT2D eigenvalue weighted by atomic mass is 79.9. The molecule has 0 spiro atoms. The van der Waals surface area contributed by atoms with Gasteiger partial charge >= 0.3 is 0 Å². The van der Waals surface area contributed by atoms with E-state index < -0.39 is 0 Å². The Morgan fingerprint density at radius 3 is 2.80 bits per heavy atom. The van der Waals surface area contributed by atoms with Gasteiger partial charge in [0.2, 0.25) is 0 Å². The number of piperidine rings is 1. The van der Waals surface area contributed by atoms with Crippen LogP contribution in [0, 0.1) is 0 Å². The molecule has 1 aliphatic rings. The molecule has 0 bridgehead atoms. The number of benzene rings is 1. The number of halogens is 1. The van der Waals surface area contributed by atoms with Gasteiger partial charge < -0.3 is 16.0 Å². The van der Waals surface area contributed by atoms with E-state index in [9.17, 15) is 4.79 Å². The molecule has 3 N–H and O–H groups in total. The Bertz CT molecular complexity index is 470. The zero-order chi connectivity index (χ0) is 14.5. The van der Waals surface area contributed by atoms with Gasteiger partial charge in [0.15, 0.2) is 0 Å². The normalized spacial score (nSPS) is 17.1. The molecule has 2 rings (SSSR count). The number of carbonyl (C=O) groups is 1. The van der Waals surface area contributed by atoms with Crippen molar-refractivity contribution in [3.05, 3.63) is 28.2 Å². The van der Waals surface area contributed by atoms with Crippen LogP contribution in [-0.2, 0) is 0 Å². The lowest BCUT2D eigenvalue weighted by Gasteiger charge is -2.32. The molecule has 1 aromatic rings. The molecule has 20 heavy (non-hydrogen) atoms. The van der Waals surface area contributed by atoms with Crippen molar-refractivity contribution in [1.82, 2.24) is 10.2 Å². The lowest BCUT2D eigenvalue weighted by molar-refractivity contribution is 0.0910. The van der Waals surface area contributed by atoms with E-state index in [-0.39, 0.29) is 11.9 Å². The fraction of sp³-hybridized carbons (Fsp3) is 0.533. The van der Waals surface area contributed by atoms with E-state index >= 15 is 0 Å². The van der Waals surface area contributed by atoms with Gasteiger partial charge in [-0.3, -0.25) is 4.79 Å². The number of nitrogens with zero attached hydrogens (tertiary/aromatic N) is 1. The van der Waals surface area contributed by atoms with Crippen LogP contribution in [0.1, 0.15) is 36.5 Å². The Hall–Kier alpha value is -1.07. The molecule has 0 atom stereocenters. The van der Waals surface area contributed by atoms with E-state index in [0.717, 1.165) is 36.9 Å². The highest BCUT2D eigenvalue weighted by Crippen LogP contribution is 2.20. The number of nitrogens with two attached hydrogens (primary N) is 1. The van der Waals surface area contributed by atoms with Crippen LogP contribution in [0.4, 0.5) is 5.69 Å². The second kappa shape index (κ2) is 7.09. The molecule has 1 heterocycles. The second-order valence-corrected chi connectivity index (χ2v) is 6.18. The average Bonchev–Trinajstić information content (AvgIpc) is 2.44.